The lowest BCUT2D eigenvalue weighted by molar-refractivity contribution is 0.703. The van der Waals surface area contributed by atoms with Crippen molar-refractivity contribution in [1.82, 2.24) is 0 Å². The van der Waals surface area contributed by atoms with E-state index in [1.807, 2.05) is 41.2 Å². The Morgan fingerprint density at radius 1 is 1.40 bits per heavy atom. The van der Waals surface area contributed by atoms with Crippen molar-refractivity contribution in [3.05, 3.63) is 29.8 Å². The van der Waals surface area contributed by atoms with Crippen LogP contribution in [0, 0.1) is 0 Å². The largest absolute Gasteiger partial charge is 0.427 e. The van der Waals surface area contributed by atoms with Gasteiger partial charge in [0.25, 0.3) is 0 Å². The Kier molecular flexibility index (Phi) is 2.99. The molecule has 0 amide bonds. The number of rotatable bonds is 2. The van der Waals surface area contributed by atoms with Crippen molar-refractivity contribution in [2.75, 3.05) is 0 Å². The summed E-state index contributed by atoms with van der Waals surface area (Å²) in [7, 11) is 0. The molecule has 0 bridgehead atoms. The molecule has 0 spiro atoms. The summed E-state index contributed by atoms with van der Waals surface area (Å²) in [5, 5.41) is 0. The van der Waals surface area contributed by atoms with Gasteiger partial charge in [0.1, 0.15) is 5.75 Å². The fourth-order valence-corrected chi connectivity index (χ4v) is 1.30. The first-order chi connectivity index (χ1) is 4.88. The number of hydrogen-bond acceptors (Lipinski definition) is 1. The zero-order chi connectivity index (χ0) is 7.40. The molecular formula is C8H9IO. The van der Waals surface area contributed by atoms with Crippen LogP contribution in [0.5, 0.6) is 5.75 Å². The molecule has 0 aromatic heterocycles. The molecule has 0 aliphatic carbocycles. The highest BCUT2D eigenvalue weighted by Crippen LogP contribution is 2.19. The lowest BCUT2D eigenvalue weighted by Crippen LogP contribution is -1.83. The first-order valence-corrected chi connectivity index (χ1v) is 4.13. The SMILES string of the molecule is CCc1ccccc1OI. The van der Waals surface area contributed by atoms with Gasteiger partial charge >= 0.3 is 0 Å². The van der Waals surface area contributed by atoms with Crippen molar-refractivity contribution in [2.45, 2.75) is 13.3 Å². The van der Waals surface area contributed by atoms with Gasteiger partial charge in [0, 0.05) is 0 Å². The molecule has 0 unspecified atom stereocenters. The number of aryl methyl sites for hydroxylation is 1. The van der Waals surface area contributed by atoms with Crippen LogP contribution < -0.4 is 3.07 Å². The smallest absolute Gasteiger partial charge is 0.192 e. The molecule has 0 fully saturated rings. The van der Waals surface area contributed by atoms with Gasteiger partial charge in [-0.05, 0) is 18.1 Å². The molecular weight excluding hydrogens is 239 g/mol. The predicted molar refractivity (Wildman–Crippen MR) is 50.5 cm³/mol. The van der Waals surface area contributed by atoms with E-state index >= 15 is 0 Å². The number of hydrogen-bond donors (Lipinski definition) is 0. The monoisotopic (exact) mass is 248 g/mol. The first-order valence-electron chi connectivity index (χ1n) is 3.25. The standard InChI is InChI=1S/C8H9IO/c1-2-7-5-3-4-6-8(7)10-9/h3-6H,2H2,1H3. The molecule has 10 heavy (non-hydrogen) atoms. The van der Waals surface area contributed by atoms with E-state index in [2.05, 4.69) is 13.0 Å². The number of benzene rings is 1. The Morgan fingerprint density at radius 3 is 2.60 bits per heavy atom. The Bertz CT molecular complexity index is 187. The molecule has 1 nitrogen and oxygen atoms in total. The Hall–Kier alpha value is -0.250. The maximum atomic E-state index is 5.11. The summed E-state index contributed by atoms with van der Waals surface area (Å²) in [5.41, 5.74) is 1.26. The maximum absolute atomic E-state index is 5.11. The molecule has 0 N–H and O–H groups in total. The molecule has 54 valence electrons. The molecule has 1 rings (SSSR count). The fraction of sp³-hybridized carbons (Fsp3) is 0.250. The summed E-state index contributed by atoms with van der Waals surface area (Å²) < 4.78 is 5.11. The summed E-state index contributed by atoms with van der Waals surface area (Å²) in [5.74, 6) is 0.977. The summed E-state index contributed by atoms with van der Waals surface area (Å²) >= 11 is 1.90. The van der Waals surface area contributed by atoms with E-state index in [9.17, 15) is 0 Å². The summed E-state index contributed by atoms with van der Waals surface area (Å²) in [6.45, 7) is 2.12. The van der Waals surface area contributed by atoms with Crippen LogP contribution >= 0.6 is 23.0 Å². The third-order valence-electron chi connectivity index (χ3n) is 1.44. The molecule has 0 atom stereocenters. The van der Waals surface area contributed by atoms with E-state index in [-0.39, 0.29) is 0 Å². The molecule has 0 aliphatic heterocycles. The van der Waals surface area contributed by atoms with Crippen molar-refractivity contribution in [1.29, 1.82) is 0 Å². The van der Waals surface area contributed by atoms with Crippen molar-refractivity contribution in [2.24, 2.45) is 0 Å². The summed E-state index contributed by atoms with van der Waals surface area (Å²) in [6, 6.07) is 8.06. The first kappa shape index (κ1) is 7.85. The fourth-order valence-electron chi connectivity index (χ4n) is 0.871. The highest BCUT2D eigenvalue weighted by molar-refractivity contribution is 14.1. The second-order valence-electron chi connectivity index (χ2n) is 2.04. The van der Waals surface area contributed by atoms with Gasteiger partial charge in [0.2, 0.25) is 0 Å². The van der Waals surface area contributed by atoms with Gasteiger partial charge in [-0.15, -0.1) is 0 Å². The van der Waals surface area contributed by atoms with E-state index in [0.29, 0.717) is 0 Å². The van der Waals surface area contributed by atoms with Crippen molar-refractivity contribution >= 4 is 23.0 Å². The maximum Gasteiger partial charge on any atom is 0.192 e. The van der Waals surface area contributed by atoms with E-state index in [1.54, 1.807) is 0 Å². The molecule has 2 heteroatoms. The molecule has 1 aromatic rings. The van der Waals surface area contributed by atoms with E-state index in [0.717, 1.165) is 12.2 Å². The van der Waals surface area contributed by atoms with Gasteiger partial charge in [-0.25, -0.2) is 0 Å². The van der Waals surface area contributed by atoms with Crippen molar-refractivity contribution in [3.8, 4) is 5.75 Å². The van der Waals surface area contributed by atoms with Crippen molar-refractivity contribution < 1.29 is 3.07 Å². The van der Waals surface area contributed by atoms with Crippen LogP contribution in [-0.4, -0.2) is 0 Å². The van der Waals surface area contributed by atoms with Crippen molar-refractivity contribution in [3.63, 3.8) is 0 Å². The quantitative estimate of drug-likeness (QED) is 0.731. The molecule has 0 saturated carbocycles. The van der Waals surface area contributed by atoms with E-state index in [1.165, 1.54) is 5.56 Å². The lowest BCUT2D eigenvalue weighted by Gasteiger charge is -2.01. The minimum Gasteiger partial charge on any atom is -0.427 e. The second-order valence-corrected chi connectivity index (χ2v) is 2.48. The third-order valence-corrected chi connectivity index (χ3v) is 1.91. The Morgan fingerprint density at radius 2 is 2.10 bits per heavy atom. The third kappa shape index (κ3) is 1.62. The van der Waals surface area contributed by atoms with Gasteiger partial charge in [0.05, 0.1) is 0 Å². The van der Waals surface area contributed by atoms with Gasteiger partial charge in [0.15, 0.2) is 23.0 Å². The normalized spacial score (nSPS) is 9.40. The van der Waals surface area contributed by atoms with E-state index < -0.39 is 0 Å². The second kappa shape index (κ2) is 3.81. The zero-order valence-electron chi connectivity index (χ0n) is 5.80. The minimum absolute atomic E-state index is 0.977. The Labute approximate surface area is 75.1 Å². The molecule has 0 aliphatic rings. The number of halogens is 1. The van der Waals surface area contributed by atoms with Gasteiger partial charge in [-0.2, -0.15) is 0 Å². The highest BCUT2D eigenvalue weighted by atomic mass is 127. The van der Waals surface area contributed by atoms with Crippen LogP contribution in [0.3, 0.4) is 0 Å². The van der Waals surface area contributed by atoms with Crippen LogP contribution in [0.25, 0.3) is 0 Å². The number of para-hydroxylation sites is 1. The summed E-state index contributed by atoms with van der Waals surface area (Å²) in [4.78, 5) is 0. The zero-order valence-corrected chi connectivity index (χ0v) is 7.96. The molecule has 0 heterocycles. The predicted octanol–water partition coefficient (Wildman–Crippen LogP) is 2.98. The van der Waals surface area contributed by atoms with Gasteiger partial charge in [-0.1, -0.05) is 25.1 Å². The van der Waals surface area contributed by atoms with Crippen LogP contribution in [0.4, 0.5) is 0 Å². The average molecular weight is 248 g/mol. The molecule has 0 saturated heterocycles. The van der Waals surface area contributed by atoms with Gasteiger partial charge in [-0.3, -0.25) is 0 Å². The summed E-state index contributed by atoms with van der Waals surface area (Å²) in [6.07, 6.45) is 1.03. The molecule has 1 aromatic carbocycles. The average Bonchev–Trinajstić information content (AvgIpc) is 2.04. The van der Waals surface area contributed by atoms with Crippen LogP contribution in [0.15, 0.2) is 24.3 Å². The van der Waals surface area contributed by atoms with Crippen LogP contribution in [0.1, 0.15) is 12.5 Å². The highest BCUT2D eigenvalue weighted by Gasteiger charge is 1.96. The van der Waals surface area contributed by atoms with Crippen LogP contribution in [-0.2, 0) is 6.42 Å². The minimum atomic E-state index is 0.977. The van der Waals surface area contributed by atoms with Gasteiger partial charge < -0.3 is 3.07 Å². The Balaban J connectivity index is 2.96. The molecule has 0 radical (unpaired) electrons. The van der Waals surface area contributed by atoms with Crippen LogP contribution in [0.2, 0.25) is 0 Å². The van der Waals surface area contributed by atoms with E-state index in [4.69, 9.17) is 3.07 Å². The topological polar surface area (TPSA) is 9.23 Å². The lowest BCUT2D eigenvalue weighted by atomic mass is 10.1.